The maximum Gasteiger partial charge on any atom is 0.276 e. The Morgan fingerprint density at radius 3 is 2.79 bits per heavy atom. The molecule has 6 N–H and O–H groups in total. The molecule has 0 aliphatic carbocycles. The van der Waals surface area contributed by atoms with Crippen LogP contribution in [-0.2, 0) is 0 Å². The maximum atomic E-state index is 12.2. The van der Waals surface area contributed by atoms with Crippen molar-refractivity contribution in [3.63, 3.8) is 0 Å². The fourth-order valence-corrected chi connectivity index (χ4v) is 2.14. The Balaban J connectivity index is 0.00000288. The maximum absolute atomic E-state index is 12.2. The van der Waals surface area contributed by atoms with Crippen molar-refractivity contribution in [3.05, 3.63) is 28.9 Å². The minimum Gasteiger partial charge on any atom is -0.489 e. The Labute approximate surface area is 149 Å². The Kier molecular flexibility index (Phi) is 6.85. The summed E-state index contributed by atoms with van der Waals surface area (Å²) in [6, 6.07) is 4.73. The first-order valence-electron chi connectivity index (χ1n) is 6.70. The first-order valence-corrected chi connectivity index (χ1v) is 7.08. The van der Waals surface area contributed by atoms with Gasteiger partial charge in [0.15, 0.2) is 5.96 Å². The van der Waals surface area contributed by atoms with E-state index in [-0.39, 0.29) is 30.7 Å². The van der Waals surface area contributed by atoms with Crippen LogP contribution in [0.3, 0.4) is 0 Å². The molecule has 0 bridgehead atoms. The number of nitrogens with two attached hydrogens (primary N) is 1. The summed E-state index contributed by atoms with van der Waals surface area (Å²) in [5, 5.41) is 26.5. The monoisotopic (exact) mass is 376 g/mol. The third kappa shape index (κ3) is 4.09. The second kappa shape index (κ2) is 8.20. The summed E-state index contributed by atoms with van der Waals surface area (Å²) >= 11 is 6.12. The Morgan fingerprint density at radius 1 is 1.54 bits per heavy atom. The smallest absolute Gasteiger partial charge is 0.276 e. The summed E-state index contributed by atoms with van der Waals surface area (Å²) in [5.74, 6) is -0.505. The minimum absolute atomic E-state index is 0. The van der Waals surface area contributed by atoms with Gasteiger partial charge in [0.05, 0.1) is 17.1 Å². The molecular formula is C14H18Cl2N4O4. The summed E-state index contributed by atoms with van der Waals surface area (Å²) in [6.45, 7) is -0.530. The largest absolute Gasteiger partial charge is 0.489 e. The minimum atomic E-state index is -1.01. The van der Waals surface area contributed by atoms with Crippen molar-refractivity contribution in [2.45, 2.75) is 6.10 Å². The number of carbonyl (C=O) groups is 1. The summed E-state index contributed by atoms with van der Waals surface area (Å²) < 4.78 is 5.44. The van der Waals surface area contributed by atoms with Gasteiger partial charge in [-0.1, -0.05) is 11.6 Å². The molecule has 1 heterocycles. The number of nitrogens with zero attached hydrogens (tertiary/aromatic N) is 1. The molecule has 8 nitrogen and oxygen atoms in total. The number of amides is 1. The van der Waals surface area contributed by atoms with Crippen molar-refractivity contribution >= 4 is 46.8 Å². The number of fused-ring (bicyclic) bond motifs is 1. The molecular weight excluding hydrogens is 359 g/mol. The van der Waals surface area contributed by atoms with Gasteiger partial charge in [-0.15, -0.1) is 12.4 Å². The van der Waals surface area contributed by atoms with Gasteiger partial charge in [0.25, 0.3) is 5.91 Å². The molecule has 2 aromatic rings. The normalized spacial score (nSPS) is 11.7. The Bertz CT molecular complexity index is 750. The van der Waals surface area contributed by atoms with E-state index in [2.05, 4.69) is 4.98 Å². The number of guanidine groups is 1. The van der Waals surface area contributed by atoms with E-state index in [1.165, 1.54) is 13.1 Å². The lowest BCUT2D eigenvalue weighted by Crippen LogP contribution is -2.38. The predicted octanol–water partition coefficient (Wildman–Crippen LogP) is 0.941. The highest BCUT2D eigenvalue weighted by Crippen LogP contribution is 2.32. The number of aromatic nitrogens is 1. The zero-order chi connectivity index (χ0) is 17.1. The molecule has 0 spiro atoms. The van der Waals surface area contributed by atoms with Crippen molar-refractivity contribution in [3.8, 4) is 5.75 Å². The van der Waals surface area contributed by atoms with Crippen molar-refractivity contribution in [1.82, 2.24) is 9.88 Å². The first kappa shape index (κ1) is 20.0. The molecule has 132 valence electrons. The summed E-state index contributed by atoms with van der Waals surface area (Å²) in [5.41, 5.74) is 5.96. The molecule has 0 radical (unpaired) electrons. The topological polar surface area (TPSA) is 136 Å². The number of carbonyl (C=O) groups excluding carboxylic acids is 1. The number of ether oxygens (including phenoxy) is 1. The molecule has 1 aromatic carbocycles. The summed E-state index contributed by atoms with van der Waals surface area (Å²) in [6.07, 6.45) is -1.01. The number of benzene rings is 1. The molecule has 24 heavy (non-hydrogen) atoms. The predicted molar refractivity (Wildman–Crippen MR) is 93.2 cm³/mol. The number of aromatic amines is 1. The van der Waals surface area contributed by atoms with Gasteiger partial charge in [-0.2, -0.15) is 0 Å². The van der Waals surface area contributed by atoms with Crippen molar-refractivity contribution in [2.75, 3.05) is 20.3 Å². The Hall–Kier alpha value is -2.00. The molecule has 10 heteroatoms. The van der Waals surface area contributed by atoms with Crippen LogP contribution in [0.1, 0.15) is 10.5 Å². The van der Waals surface area contributed by atoms with Crippen molar-refractivity contribution < 1.29 is 19.7 Å². The van der Waals surface area contributed by atoms with Crippen LogP contribution in [0.25, 0.3) is 10.9 Å². The van der Waals surface area contributed by atoms with E-state index < -0.39 is 18.6 Å². The third-order valence-corrected chi connectivity index (χ3v) is 3.57. The van der Waals surface area contributed by atoms with Crippen LogP contribution in [0.5, 0.6) is 5.75 Å². The van der Waals surface area contributed by atoms with E-state index in [0.29, 0.717) is 21.7 Å². The average molecular weight is 377 g/mol. The Morgan fingerprint density at radius 2 is 2.21 bits per heavy atom. The molecule has 0 saturated heterocycles. The fraction of sp³-hybridized carbons (Fsp3) is 0.286. The van der Waals surface area contributed by atoms with Crippen molar-refractivity contribution in [2.24, 2.45) is 5.73 Å². The number of rotatable bonds is 5. The molecule has 0 aliphatic heterocycles. The highest BCUT2D eigenvalue weighted by molar-refractivity contribution is 6.35. The van der Waals surface area contributed by atoms with E-state index in [1.807, 2.05) is 0 Å². The molecule has 1 amide bonds. The molecule has 1 unspecified atom stereocenters. The quantitative estimate of drug-likeness (QED) is 0.390. The number of hydrogen-bond acceptors (Lipinski definition) is 5. The molecule has 2 rings (SSSR count). The third-order valence-electron chi connectivity index (χ3n) is 3.24. The summed E-state index contributed by atoms with van der Waals surface area (Å²) in [4.78, 5) is 16.1. The molecule has 0 saturated carbocycles. The second-order valence-electron chi connectivity index (χ2n) is 4.91. The number of halogens is 2. The van der Waals surface area contributed by atoms with Crippen LogP contribution in [0.15, 0.2) is 18.2 Å². The molecule has 0 fully saturated rings. The van der Waals surface area contributed by atoms with Gasteiger partial charge in [0, 0.05) is 12.4 Å². The second-order valence-corrected chi connectivity index (χ2v) is 5.32. The van der Waals surface area contributed by atoms with E-state index in [9.17, 15) is 9.90 Å². The van der Waals surface area contributed by atoms with Crippen LogP contribution >= 0.6 is 24.0 Å². The summed E-state index contributed by atoms with van der Waals surface area (Å²) in [7, 11) is 1.38. The van der Waals surface area contributed by atoms with Crippen LogP contribution in [0.4, 0.5) is 0 Å². The number of H-pyrrole nitrogens is 1. The number of aliphatic hydroxyl groups excluding tert-OH is 2. The van der Waals surface area contributed by atoms with E-state index in [1.54, 1.807) is 12.1 Å². The lowest BCUT2D eigenvalue weighted by molar-refractivity contribution is 0.0540. The lowest BCUT2D eigenvalue weighted by atomic mass is 10.2. The van der Waals surface area contributed by atoms with Gasteiger partial charge < -0.3 is 25.7 Å². The zero-order valence-electron chi connectivity index (χ0n) is 12.7. The van der Waals surface area contributed by atoms with Gasteiger partial charge in [0.2, 0.25) is 0 Å². The van der Waals surface area contributed by atoms with Crippen LogP contribution in [0.2, 0.25) is 5.02 Å². The van der Waals surface area contributed by atoms with Gasteiger partial charge >= 0.3 is 0 Å². The lowest BCUT2D eigenvalue weighted by Gasteiger charge is -2.13. The SMILES string of the molecule is CN(C(=N)N)C(=O)c1cc2c(Cl)ccc(OCC(O)CO)c2[nH]1.Cl. The highest BCUT2D eigenvalue weighted by Gasteiger charge is 2.19. The van der Waals surface area contributed by atoms with Gasteiger partial charge in [0.1, 0.15) is 24.2 Å². The number of aliphatic hydroxyl groups is 2. The average Bonchev–Trinajstić information content (AvgIpc) is 2.98. The van der Waals surface area contributed by atoms with Gasteiger partial charge in [-0.25, -0.2) is 0 Å². The van der Waals surface area contributed by atoms with Gasteiger partial charge in [-0.3, -0.25) is 15.1 Å². The van der Waals surface area contributed by atoms with Gasteiger partial charge in [-0.05, 0) is 18.2 Å². The van der Waals surface area contributed by atoms with E-state index >= 15 is 0 Å². The molecule has 1 aromatic heterocycles. The van der Waals surface area contributed by atoms with Crippen LogP contribution < -0.4 is 10.5 Å². The number of nitrogens with one attached hydrogen (secondary N) is 2. The van der Waals surface area contributed by atoms with Crippen LogP contribution in [0, 0.1) is 5.41 Å². The number of hydrogen-bond donors (Lipinski definition) is 5. The molecule has 0 aliphatic rings. The first-order chi connectivity index (χ1) is 10.8. The van der Waals surface area contributed by atoms with Crippen molar-refractivity contribution in [1.29, 1.82) is 5.41 Å². The van der Waals surface area contributed by atoms with E-state index in [4.69, 9.17) is 32.6 Å². The zero-order valence-corrected chi connectivity index (χ0v) is 14.3. The fourth-order valence-electron chi connectivity index (χ4n) is 1.92. The van der Waals surface area contributed by atoms with E-state index in [0.717, 1.165) is 4.90 Å². The highest BCUT2D eigenvalue weighted by atomic mass is 35.5. The van der Waals surface area contributed by atoms with Crippen LogP contribution in [-0.4, -0.2) is 58.3 Å². The molecule has 1 atom stereocenters. The standard InChI is InChI=1S/C14H17ClN4O4.ClH/c1-19(14(16)17)13(22)10-4-8-9(15)2-3-11(12(8)18-10)23-6-7(21)5-20;/h2-4,7,18,20-21H,5-6H2,1H3,(H3,16,17);1H.